The molecule has 6 nitrogen and oxygen atoms in total. The van der Waals surface area contributed by atoms with Gasteiger partial charge in [-0.2, -0.15) is 0 Å². The van der Waals surface area contributed by atoms with Gasteiger partial charge >= 0.3 is 0 Å². The second-order valence-electron chi connectivity index (χ2n) is 11.5. The molecule has 1 amide bonds. The van der Waals surface area contributed by atoms with Crippen LogP contribution in [-0.4, -0.2) is 33.9 Å². The Morgan fingerprint density at radius 2 is 2.09 bits per heavy atom. The number of aliphatic hydroxyl groups is 1. The first-order valence-corrected chi connectivity index (χ1v) is 13.0. The Bertz CT molecular complexity index is 1080. The van der Waals surface area contributed by atoms with Gasteiger partial charge in [-0.25, -0.2) is 0 Å². The van der Waals surface area contributed by atoms with Crippen LogP contribution in [0.4, 0.5) is 0 Å². The molecule has 1 aromatic rings. The number of amides is 1. The average Bonchev–Trinajstić information content (AvgIpc) is 3.14. The number of hydrogen-bond acceptors (Lipinski definition) is 5. The fourth-order valence-electron chi connectivity index (χ4n) is 7.82. The normalized spacial score (nSPS) is 39.0. The second kappa shape index (κ2) is 9.09. The van der Waals surface area contributed by atoms with Crippen LogP contribution in [0.15, 0.2) is 41.3 Å². The van der Waals surface area contributed by atoms with Crippen LogP contribution in [0, 0.1) is 40.9 Å². The maximum atomic E-state index is 12.1. The molecule has 0 aromatic carbocycles. The molecule has 5 rings (SSSR count). The molecule has 4 aliphatic carbocycles. The molecular formula is C29H37N3O3. The summed E-state index contributed by atoms with van der Waals surface area (Å²) < 4.78 is 0. The summed E-state index contributed by atoms with van der Waals surface area (Å²) >= 11 is 0. The van der Waals surface area contributed by atoms with Crippen LogP contribution in [0.5, 0.6) is 0 Å². The van der Waals surface area contributed by atoms with Crippen molar-refractivity contribution in [3.05, 3.63) is 41.7 Å². The summed E-state index contributed by atoms with van der Waals surface area (Å²) in [5, 5.41) is 18.3. The van der Waals surface area contributed by atoms with Crippen LogP contribution in [0.25, 0.3) is 0 Å². The molecule has 0 spiro atoms. The van der Waals surface area contributed by atoms with E-state index < -0.39 is 5.60 Å². The third-order valence-corrected chi connectivity index (χ3v) is 9.96. The fraction of sp³-hybridized carbons (Fsp3) is 0.621. The van der Waals surface area contributed by atoms with E-state index in [1.165, 1.54) is 5.57 Å². The van der Waals surface area contributed by atoms with Crippen molar-refractivity contribution in [3.63, 3.8) is 0 Å². The maximum absolute atomic E-state index is 12.1. The van der Waals surface area contributed by atoms with Gasteiger partial charge in [0, 0.05) is 24.4 Å². The zero-order valence-corrected chi connectivity index (χ0v) is 20.9. The number of fused-ring (bicyclic) bond motifs is 5. The molecular weight excluding hydrogens is 438 g/mol. The van der Waals surface area contributed by atoms with E-state index in [0.29, 0.717) is 24.3 Å². The van der Waals surface area contributed by atoms with Crippen molar-refractivity contribution >= 4 is 11.6 Å². The van der Waals surface area contributed by atoms with Crippen LogP contribution >= 0.6 is 0 Å². The molecule has 35 heavy (non-hydrogen) atoms. The van der Waals surface area contributed by atoms with E-state index in [1.807, 2.05) is 12.1 Å². The molecule has 0 saturated heterocycles. The molecule has 0 unspecified atom stereocenters. The van der Waals surface area contributed by atoms with E-state index in [1.54, 1.807) is 12.4 Å². The molecule has 186 valence electrons. The lowest BCUT2D eigenvalue weighted by Gasteiger charge is -2.58. The van der Waals surface area contributed by atoms with Crippen LogP contribution in [-0.2, 0) is 16.2 Å². The molecule has 3 fully saturated rings. The predicted molar refractivity (Wildman–Crippen MR) is 135 cm³/mol. The number of terminal acetylenes is 1. The zero-order valence-electron chi connectivity index (χ0n) is 20.9. The third-order valence-electron chi connectivity index (χ3n) is 9.96. The summed E-state index contributed by atoms with van der Waals surface area (Å²) in [6, 6.07) is 3.77. The molecule has 6 atom stereocenters. The fourth-order valence-corrected chi connectivity index (χ4v) is 7.82. The van der Waals surface area contributed by atoms with E-state index >= 15 is 0 Å². The number of rotatable bonds is 5. The lowest BCUT2D eigenvalue weighted by molar-refractivity contribution is -0.125. The van der Waals surface area contributed by atoms with Crippen molar-refractivity contribution in [3.8, 4) is 12.3 Å². The second-order valence-corrected chi connectivity index (χ2v) is 11.5. The topological polar surface area (TPSA) is 83.8 Å². The number of nitrogens with one attached hydrogen (secondary N) is 1. The highest BCUT2D eigenvalue weighted by Gasteiger charge is 2.63. The number of nitrogens with zero attached hydrogens (tertiary/aromatic N) is 2. The molecule has 3 saturated carbocycles. The molecule has 2 N–H and O–H groups in total. The maximum Gasteiger partial charge on any atom is 0.261 e. The smallest absolute Gasteiger partial charge is 0.261 e. The van der Waals surface area contributed by atoms with E-state index in [0.717, 1.165) is 62.6 Å². The zero-order chi connectivity index (χ0) is 24.7. The Kier molecular flexibility index (Phi) is 6.25. The third kappa shape index (κ3) is 4.08. The van der Waals surface area contributed by atoms with Gasteiger partial charge in [-0.15, -0.1) is 6.42 Å². The lowest BCUT2D eigenvalue weighted by atomic mass is 9.46. The number of aromatic nitrogens is 1. The lowest BCUT2D eigenvalue weighted by Crippen LogP contribution is -2.54. The Morgan fingerprint density at radius 1 is 1.26 bits per heavy atom. The van der Waals surface area contributed by atoms with Crippen molar-refractivity contribution in [2.75, 3.05) is 6.61 Å². The molecule has 1 heterocycles. The summed E-state index contributed by atoms with van der Waals surface area (Å²) in [4.78, 5) is 21.6. The van der Waals surface area contributed by atoms with Gasteiger partial charge in [-0.05, 0) is 92.2 Å². The summed E-state index contributed by atoms with van der Waals surface area (Å²) in [6.07, 6.45) is 19.5. The molecule has 4 aliphatic rings. The van der Waals surface area contributed by atoms with Gasteiger partial charge in [0.15, 0.2) is 6.61 Å². The molecule has 0 radical (unpaired) electrons. The molecule has 6 heteroatoms. The van der Waals surface area contributed by atoms with Crippen molar-refractivity contribution in [2.24, 2.45) is 33.7 Å². The first-order valence-electron chi connectivity index (χ1n) is 13.0. The standard InChI is InChI=1S/C29H37N3O3/c1-4-29(34)14-11-25-23-8-7-21-16-22(9-12-27(21,2)24(23)10-13-28(25,29)3)32-35-19-26(33)31-18-20-6-5-15-30-17-20/h1,5-6,15-17,23-25,34H,7-14,18-19H2,2-3H3,(H,31,33)/t23-,24-,25+,27-,28-,29+/m0/s1. The Labute approximate surface area is 208 Å². The SMILES string of the molecule is C#C[C@@]1(O)CC[C@@H]2[C@H]3CCC4=CC(=NOCC(=O)NCc5cccnc5)CC[C@]4(C)[C@H]3CC[C@@]21C. The Hall–Kier alpha value is -2.65. The van der Waals surface area contributed by atoms with Crippen LogP contribution < -0.4 is 5.32 Å². The largest absolute Gasteiger partial charge is 0.385 e. The Balaban J connectivity index is 1.21. The number of carbonyl (C=O) groups excluding carboxylic acids is 1. The Morgan fingerprint density at radius 3 is 2.86 bits per heavy atom. The highest BCUT2D eigenvalue weighted by atomic mass is 16.6. The summed E-state index contributed by atoms with van der Waals surface area (Å²) in [5.41, 5.74) is 2.41. The van der Waals surface area contributed by atoms with Crippen molar-refractivity contribution < 1.29 is 14.7 Å². The van der Waals surface area contributed by atoms with Gasteiger partial charge < -0.3 is 15.3 Å². The quantitative estimate of drug-likeness (QED) is 0.488. The minimum absolute atomic E-state index is 0.0900. The predicted octanol–water partition coefficient (Wildman–Crippen LogP) is 4.40. The van der Waals surface area contributed by atoms with Gasteiger partial charge in [-0.3, -0.25) is 9.78 Å². The average molecular weight is 476 g/mol. The minimum Gasteiger partial charge on any atom is -0.385 e. The van der Waals surface area contributed by atoms with Crippen molar-refractivity contribution in [1.29, 1.82) is 0 Å². The number of oxime groups is 1. The molecule has 1 aromatic heterocycles. The number of carbonyl (C=O) groups is 1. The van der Waals surface area contributed by atoms with E-state index in [4.69, 9.17) is 11.3 Å². The number of hydrogen-bond donors (Lipinski definition) is 2. The van der Waals surface area contributed by atoms with E-state index in [9.17, 15) is 9.90 Å². The van der Waals surface area contributed by atoms with Gasteiger partial charge in [0.25, 0.3) is 5.91 Å². The number of pyridine rings is 1. The summed E-state index contributed by atoms with van der Waals surface area (Å²) in [5.74, 6) is 4.33. The van der Waals surface area contributed by atoms with Crippen molar-refractivity contribution in [1.82, 2.24) is 10.3 Å². The highest BCUT2D eigenvalue weighted by Crippen LogP contribution is 2.67. The van der Waals surface area contributed by atoms with Crippen LogP contribution in [0.2, 0.25) is 0 Å². The van der Waals surface area contributed by atoms with Crippen LogP contribution in [0.3, 0.4) is 0 Å². The minimum atomic E-state index is -0.951. The first kappa shape index (κ1) is 24.1. The highest BCUT2D eigenvalue weighted by molar-refractivity contribution is 5.96. The van der Waals surface area contributed by atoms with Gasteiger partial charge in [0.05, 0.1) is 5.71 Å². The van der Waals surface area contributed by atoms with Gasteiger partial charge in [0.1, 0.15) is 5.60 Å². The first-order chi connectivity index (χ1) is 16.8. The molecule has 0 bridgehead atoms. The molecule has 0 aliphatic heterocycles. The van der Waals surface area contributed by atoms with E-state index in [2.05, 4.69) is 41.3 Å². The van der Waals surface area contributed by atoms with Crippen molar-refractivity contribution in [2.45, 2.75) is 77.4 Å². The number of allylic oxidation sites excluding steroid dienone is 2. The van der Waals surface area contributed by atoms with Gasteiger partial charge in [-0.1, -0.05) is 36.6 Å². The van der Waals surface area contributed by atoms with Crippen LogP contribution in [0.1, 0.15) is 70.8 Å². The summed E-state index contributed by atoms with van der Waals surface area (Å²) in [7, 11) is 0. The summed E-state index contributed by atoms with van der Waals surface area (Å²) in [6.45, 7) is 5.01. The van der Waals surface area contributed by atoms with Gasteiger partial charge in [0.2, 0.25) is 0 Å². The van der Waals surface area contributed by atoms with E-state index in [-0.39, 0.29) is 23.3 Å². The monoisotopic (exact) mass is 475 g/mol.